The van der Waals surface area contributed by atoms with Crippen molar-refractivity contribution < 1.29 is 24.0 Å². The number of nitrogens with zero attached hydrogens (tertiary/aromatic N) is 1. The second-order valence-electron chi connectivity index (χ2n) is 5.35. The van der Waals surface area contributed by atoms with Crippen LogP contribution in [0.3, 0.4) is 0 Å². The number of nitro groups is 1. The van der Waals surface area contributed by atoms with E-state index in [-0.39, 0.29) is 16.4 Å². The lowest BCUT2D eigenvalue weighted by atomic mass is 10.2. The standard InChI is InChI=1S/C17H14Cl2N2O6/c1-10-2-4-12(19)15(6-10)26-9-17(23)27-8-16(22)20-13-7-11(18)3-5-14(13)21(24)25/h2-7H,8-9H2,1H3,(H,20,22). The number of carbonyl (C=O) groups excluding carboxylic acids is 2. The van der Waals surface area contributed by atoms with Gasteiger partial charge in [0.1, 0.15) is 11.4 Å². The fourth-order valence-corrected chi connectivity index (χ4v) is 2.34. The zero-order valence-corrected chi connectivity index (χ0v) is 15.5. The van der Waals surface area contributed by atoms with Crippen LogP contribution >= 0.6 is 23.2 Å². The van der Waals surface area contributed by atoms with E-state index < -0.39 is 30.0 Å². The molecule has 0 spiro atoms. The molecule has 0 bridgehead atoms. The summed E-state index contributed by atoms with van der Waals surface area (Å²) in [6, 6.07) is 8.77. The molecule has 0 aliphatic carbocycles. The van der Waals surface area contributed by atoms with Crippen molar-refractivity contribution in [3.05, 3.63) is 62.1 Å². The van der Waals surface area contributed by atoms with Crippen molar-refractivity contribution in [2.45, 2.75) is 6.92 Å². The van der Waals surface area contributed by atoms with E-state index in [0.717, 1.165) is 11.6 Å². The summed E-state index contributed by atoms with van der Waals surface area (Å²) in [4.78, 5) is 33.8. The maximum absolute atomic E-state index is 11.9. The quantitative estimate of drug-likeness (QED) is 0.421. The SMILES string of the molecule is Cc1ccc(Cl)c(OCC(=O)OCC(=O)Nc2cc(Cl)ccc2[N+](=O)[O-])c1. The van der Waals surface area contributed by atoms with Crippen molar-refractivity contribution in [1.82, 2.24) is 0 Å². The molecular formula is C17H14Cl2N2O6. The normalized spacial score (nSPS) is 10.2. The number of benzene rings is 2. The van der Waals surface area contributed by atoms with E-state index in [1.807, 2.05) is 6.92 Å². The fraction of sp³-hybridized carbons (Fsp3) is 0.176. The number of esters is 1. The van der Waals surface area contributed by atoms with Gasteiger partial charge in [0.15, 0.2) is 13.2 Å². The lowest BCUT2D eigenvalue weighted by molar-refractivity contribution is -0.383. The van der Waals surface area contributed by atoms with Gasteiger partial charge in [-0.2, -0.15) is 0 Å². The minimum absolute atomic E-state index is 0.101. The lowest BCUT2D eigenvalue weighted by Gasteiger charge is -2.09. The van der Waals surface area contributed by atoms with Gasteiger partial charge in [-0.1, -0.05) is 29.3 Å². The first-order valence-electron chi connectivity index (χ1n) is 7.54. The van der Waals surface area contributed by atoms with Gasteiger partial charge in [0, 0.05) is 11.1 Å². The summed E-state index contributed by atoms with van der Waals surface area (Å²) in [5, 5.41) is 13.8. The van der Waals surface area contributed by atoms with Crippen LogP contribution in [0.2, 0.25) is 10.0 Å². The Bertz CT molecular complexity index is 888. The highest BCUT2D eigenvalue weighted by atomic mass is 35.5. The highest BCUT2D eigenvalue weighted by molar-refractivity contribution is 6.32. The van der Waals surface area contributed by atoms with Gasteiger partial charge in [-0.05, 0) is 36.8 Å². The minimum atomic E-state index is -0.802. The van der Waals surface area contributed by atoms with E-state index in [4.69, 9.17) is 32.7 Å². The zero-order chi connectivity index (χ0) is 20.0. The molecule has 0 aliphatic rings. The van der Waals surface area contributed by atoms with Crippen LogP contribution in [0.15, 0.2) is 36.4 Å². The molecule has 2 rings (SSSR count). The average Bonchev–Trinajstić information content (AvgIpc) is 2.60. The Morgan fingerprint density at radius 2 is 1.89 bits per heavy atom. The molecular weight excluding hydrogens is 399 g/mol. The number of ether oxygens (including phenoxy) is 2. The minimum Gasteiger partial charge on any atom is -0.480 e. The Balaban J connectivity index is 1.87. The van der Waals surface area contributed by atoms with E-state index in [0.29, 0.717) is 10.8 Å². The molecule has 0 saturated heterocycles. The second kappa shape index (κ2) is 9.20. The molecule has 0 fully saturated rings. The molecule has 1 amide bonds. The number of aryl methyl sites for hydroxylation is 1. The molecule has 2 aromatic rings. The van der Waals surface area contributed by atoms with Crippen molar-refractivity contribution in [2.24, 2.45) is 0 Å². The number of hydrogen-bond acceptors (Lipinski definition) is 6. The third-order valence-electron chi connectivity index (χ3n) is 3.23. The van der Waals surface area contributed by atoms with Crippen molar-refractivity contribution in [2.75, 3.05) is 18.5 Å². The fourth-order valence-electron chi connectivity index (χ4n) is 2.00. The van der Waals surface area contributed by atoms with E-state index in [9.17, 15) is 19.7 Å². The van der Waals surface area contributed by atoms with Gasteiger partial charge in [0.2, 0.25) is 0 Å². The summed E-state index contributed by atoms with van der Waals surface area (Å²) in [6.07, 6.45) is 0. The highest BCUT2D eigenvalue weighted by Crippen LogP contribution is 2.27. The second-order valence-corrected chi connectivity index (χ2v) is 6.19. The summed E-state index contributed by atoms with van der Waals surface area (Å²) in [5.74, 6) is -1.25. The largest absolute Gasteiger partial charge is 0.480 e. The van der Waals surface area contributed by atoms with Crippen molar-refractivity contribution in [3.63, 3.8) is 0 Å². The molecule has 0 heterocycles. The van der Waals surface area contributed by atoms with Crippen LogP contribution in [-0.4, -0.2) is 30.0 Å². The maximum atomic E-state index is 11.9. The van der Waals surface area contributed by atoms with Gasteiger partial charge in [0.05, 0.1) is 9.95 Å². The molecule has 142 valence electrons. The number of halogens is 2. The van der Waals surface area contributed by atoms with Gasteiger partial charge in [0.25, 0.3) is 11.6 Å². The Morgan fingerprint density at radius 1 is 1.15 bits per heavy atom. The van der Waals surface area contributed by atoms with Crippen LogP contribution in [0.4, 0.5) is 11.4 Å². The summed E-state index contributed by atoms with van der Waals surface area (Å²) < 4.78 is 10.0. The first kappa shape index (κ1) is 20.5. The molecule has 0 aliphatic heterocycles. The lowest BCUT2D eigenvalue weighted by Crippen LogP contribution is -2.24. The number of hydrogen-bond donors (Lipinski definition) is 1. The molecule has 2 aromatic carbocycles. The van der Waals surface area contributed by atoms with E-state index in [1.165, 1.54) is 12.1 Å². The highest BCUT2D eigenvalue weighted by Gasteiger charge is 2.17. The summed E-state index contributed by atoms with van der Waals surface area (Å²) in [5.41, 5.74) is 0.457. The summed E-state index contributed by atoms with van der Waals surface area (Å²) >= 11 is 11.7. The molecule has 0 atom stereocenters. The number of nitrogens with one attached hydrogen (secondary N) is 1. The topological polar surface area (TPSA) is 108 Å². The number of amides is 1. The van der Waals surface area contributed by atoms with Crippen molar-refractivity contribution in [1.29, 1.82) is 0 Å². The molecule has 0 aromatic heterocycles. The predicted molar refractivity (Wildman–Crippen MR) is 99.4 cm³/mol. The molecule has 0 radical (unpaired) electrons. The number of carbonyl (C=O) groups is 2. The van der Waals surface area contributed by atoms with Crippen molar-refractivity contribution in [3.8, 4) is 5.75 Å². The molecule has 10 heteroatoms. The molecule has 0 saturated carbocycles. The molecule has 0 unspecified atom stereocenters. The average molecular weight is 413 g/mol. The Labute approximate surface area is 164 Å². The van der Waals surface area contributed by atoms with Crippen LogP contribution in [-0.2, 0) is 14.3 Å². The van der Waals surface area contributed by atoms with Gasteiger partial charge in [-0.25, -0.2) is 4.79 Å². The van der Waals surface area contributed by atoms with Gasteiger partial charge in [-0.15, -0.1) is 0 Å². The van der Waals surface area contributed by atoms with Gasteiger partial charge >= 0.3 is 5.97 Å². The van der Waals surface area contributed by atoms with E-state index in [1.54, 1.807) is 18.2 Å². The van der Waals surface area contributed by atoms with Crippen LogP contribution < -0.4 is 10.1 Å². The third-order valence-corrected chi connectivity index (χ3v) is 3.77. The summed E-state index contributed by atoms with van der Waals surface area (Å²) in [6.45, 7) is 0.738. The van der Waals surface area contributed by atoms with E-state index >= 15 is 0 Å². The third kappa shape index (κ3) is 6.12. The van der Waals surface area contributed by atoms with Crippen LogP contribution in [0.5, 0.6) is 5.75 Å². The van der Waals surface area contributed by atoms with Crippen LogP contribution in [0.1, 0.15) is 5.56 Å². The Morgan fingerprint density at radius 3 is 2.59 bits per heavy atom. The number of anilines is 1. The predicted octanol–water partition coefficient (Wildman–Crippen LogP) is 3.77. The Hall–Kier alpha value is -2.84. The number of nitro benzene ring substituents is 1. The van der Waals surface area contributed by atoms with Crippen LogP contribution in [0.25, 0.3) is 0 Å². The first-order valence-corrected chi connectivity index (χ1v) is 8.30. The van der Waals surface area contributed by atoms with Gasteiger partial charge in [-0.3, -0.25) is 14.9 Å². The molecule has 27 heavy (non-hydrogen) atoms. The maximum Gasteiger partial charge on any atom is 0.344 e. The number of rotatable bonds is 7. The van der Waals surface area contributed by atoms with E-state index in [2.05, 4.69) is 5.32 Å². The van der Waals surface area contributed by atoms with Gasteiger partial charge < -0.3 is 14.8 Å². The zero-order valence-electron chi connectivity index (χ0n) is 14.0. The molecule has 8 nitrogen and oxygen atoms in total. The smallest absolute Gasteiger partial charge is 0.344 e. The van der Waals surface area contributed by atoms with Crippen LogP contribution in [0, 0.1) is 17.0 Å². The first-order chi connectivity index (χ1) is 12.8. The molecule has 1 N–H and O–H groups in total. The van der Waals surface area contributed by atoms with Crippen molar-refractivity contribution >= 4 is 46.5 Å². The summed E-state index contributed by atoms with van der Waals surface area (Å²) in [7, 11) is 0. The monoisotopic (exact) mass is 412 g/mol. The Kier molecular flexibility index (Phi) is 6.98.